The maximum Gasteiger partial charge on any atom is 0.265 e. The molecular formula is C19H22ClNO3. The zero-order chi connectivity index (χ0) is 17.9. The van der Waals surface area contributed by atoms with Crippen molar-refractivity contribution < 1.29 is 14.3 Å². The lowest BCUT2D eigenvalue weighted by Gasteiger charge is -2.18. The van der Waals surface area contributed by atoms with Gasteiger partial charge in [-0.15, -0.1) is 0 Å². The number of methoxy groups -OCH3 is 1. The zero-order valence-corrected chi connectivity index (χ0v) is 15.3. The van der Waals surface area contributed by atoms with Crippen LogP contribution in [0.3, 0.4) is 0 Å². The number of carbonyl (C=O) groups excluding carboxylic acids is 1. The highest BCUT2D eigenvalue weighted by molar-refractivity contribution is 6.31. The third-order valence-electron chi connectivity index (χ3n) is 3.97. The van der Waals surface area contributed by atoms with Crippen molar-refractivity contribution in [2.75, 3.05) is 12.4 Å². The monoisotopic (exact) mass is 347 g/mol. The van der Waals surface area contributed by atoms with Gasteiger partial charge in [0.15, 0.2) is 6.10 Å². The summed E-state index contributed by atoms with van der Waals surface area (Å²) in [7, 11) is 1.53. The van der Waals surface area contributed by atoms with Crippen molar-refractivity contribution in [2.45, 2.75) is 33.8 Å². The molecule has 1 amide bonds. The van der Waals surface area contributed by atoms with Gasteiger partial charge in [0.25, 0.3) is 5.91 Å². The van der Waals surface area contributed by atoms with Gasteiger partial charge < -0.3 is 14.8 Å². The Hall–Kier alpha value is -2.20. The molecule has 0 spiro atoms. The smallest absolute Gasteiger partial charge is 0.265 e. The van der Waals surface area contributed by atoms with Crippen LogP contribution in [0, 0.1) is 20.8 Å². The molecule has 1 atom stereocenters. The van der Waals surface area contributed by atoms with E-state index in [2.05, 4.69) is 5.32 Å². The Morgan fingerprint density at radius 1 is 1.12 bits per heavy atom. The number of benzene rings is 2. The first-order valence-corrected chi connectivity index (χ1v) is 8.09. The molecule has 128 valence electrons. The molecule has 0 radical (unpaired) electrons. The molecule has 5 heteroatoms. The average molecular weight is 348 g/mol. The van der Waals surface area contributed by atoms with Crippen LogP contribution in [-0.4, -0.2) is 19.1 Å². The summed E-state index contributed by atoms with van der Waals surface area (Å²) in [5.41, 5.74) is 3.57. The summed E-state index contributed by atoms with van der Waals surface area (Å²) in [5, 5.41) is 3.42. The molecule has 0 saturated carbocycles. The van der Waals surface area contributed by atoms with Crippen molar-refractivity contribution in [2.24, 2.45) is 0 Å². The average Bonchev–Trinajstić information content (AvgIpc) is 2.54. The quantitative estimate of drug-likeness (QED) is 0.854. The van der Waals surface area contributed by atoms with Gasteiger partial charge in [0.05, 0.1) is 12.8 Å². The van der Waals surface area contributed by atoms with Gasteiger partial charge in [0.1, 0.15) is 11.5 Å². The van der Waals surface area contributed by atoms with Crippen molar-refractivity contribution in [3.8, 4) is 11.5 Å². The van der Waals surface area contributed by atoms with Crippen molar-refractivity contribution >= 4 is 23.2 Å². The highest BCUT2D eigenvalue weighted by atomic mass is 35.5. The van der Waals surface area contributed by atoms with E-state index in [1.54, 1.807) is 19.1 Å². The SMILES string of the molecule is COc1cc(Cl)c(C)cc1NC(=O)[C@H](C)Oc1cccc(C)c1C. The second-order valence-electron chi connectivity index (χ2n) is 5.75. The van der Waals surface area contributed by atoms with Crippen molar-refractivity contribution in [3.05, 3.63) is 52.0 Å². The molecule has 0 aliphatic heterocycles. The van der Waals surface area contributed by atoms with Crippen LogP contribution in [0.15, 0.2) is 30.3 Å². The first-order chi connectivity index (χ1) is 11.3. The first-order valence-electron chi connectivity index (χ1n) is 7.71. The number of nitrogens with one attached hydrogen (secondary N) is 1. The fraction of sp³-hybridized carbons (Fsp3) is 0.316. The van der Waals surface area contributed by atoms with E-state index in [4.69, 9.17) is 21.1 Å². The summed E-state index contributed by atoms with van der Waals surface area (Å²) >= 11 is 6.09. The Labute approximate surface area is 147 Å². The van der Waals surface area contributed by atoms with Crippen molar-refractivity contribution in [1.29, 1.82) is 0 Å². The maximum atomic E-state index is 12.5. The van der Waals surface area contributed by atoms with Gasteiger partial charge in [-0.1, -0.05) is 23.7 Å². The summed E-state index contributed by atoms with van der Waals surface area (Å²) in [5.74, 6) is 0.964. The lowest BCUT2D eigenvalue weighted by atomic mass is 10.1. The van der Waals surface area contributed by atoms with Crippen LogP contribution in [0.4, 0.5) is 5.69 Å². The molecule has 2 aromatic rings. The molecule has 0 fully saturated rings. The fourth-order valence-corrected chi connectivity index (χ4v) is 2.41. The van der Waals surface area contributed by atoms with Crippen LogP contribution in [0.25, 0.3) is 0 Å². The molecular weight excluding hydrogens is 326 g/mol. The number of hydrogen-bond donors (Lipinski definition) is 1. The van der Waals surface area contributed by atoms with Gasteiger partial charge in [-0.05, 0) is 56.5 Å². The standard InChI is InChI=1S/C19H22ClNO3/c1-11-7-6-8-17(13(11)3)24-14(4)19(22)21-16-9-12(2)15(20)10-18(16)23-5/h6-10,14H,1-5H3,(H,21,22)/t14-/m0/s1. The number of anilines is 1. The number of hydrogen-bond acceptors (Lipinski definition) is 3. The Kier molecular flexibility index (Phi) is 5.73. The summed E-state index contributed by atoms with van der Waals surface area (Å²) in [6.45, 7) is 7.56. The molecule has 0 unspecified atom stereocenters. The molecule has 2 rings (SSSR count). The van der Waals surface area contributed by atoms with E-state index in [0.29, 0.717) is 22.2 Å². The summed E-state index contributed by atoms with van der Waals surface area (Å²) in [6.07, 6.45) is -0.647. The highest BCUT2D eigenvalue weighted by Gasteiger charge is 2.18. The predicted octanol–water partition coefficient (Wildman–Crippen LogP) is 4.68. The minimum Gasteiger partial charge on any atom is -0.495 e. The van der Waals surface area contributed by atoms with Crippen LogP contribution in [0.1, 0.15) is 23.6 Å². The summed E-state index contributed by atoms with van der Waals surface area (Å²) in [6, 6.07) is 9.24. The normalized spacial score (nSPS) is 11.8. The van der Waals surface area contributed by atoms with E-state index in [1.807, 2.05) is 39.0 Å². The second-order valence-corrected chi connectivity index (χ2v) is 6.16. The van der Waals surface area contributed by atoms with Crippen LogP contribution < -0.4 is 14.8 Å². The van der Waals surface area contributed by atoms with Crippen molar-refractivity contribution in [1.82, 2.24) is 0 Å². The van der Waals surface area contributed by atoms with Gasteiger partial charge in [0, 0.05) is 11.1 Å². The highest BCUT2D eigenvalue weighted by Crippen LogP contribution is 2.31. The molecule has 0 aliphatic rings. The molecule has 4 nitrogen and oxygen atoms in total. The molecule has 0 aliphatic carbocycles. The number of carbonyl (C=O) groups is 1. The van der Waals surface area contributed by atoms with Crippen LogP contribution in [0.5, 0.6) is 11.5 Å². The molecule has 0 bridgehead atoms. The Bertz CT molecular complexity index is 759. The Morgan fingerprint density at radius 2 is 1.83 bits per heavy atom. The van der Waals surface area contributed by atoms with E-state index < -0.39 is 6.10 Å². The lowest BCUT2D eigenvalue weighted by molar-refractivity contribution is -0.122. The van der Waals surface area contributed by atoms with E-state index in [-0.39, 0.29) is 5.91 Å². The van der Waals surface area contributed by atoms with Crippen LogP contribution >= 0.6 is 11.6 Å². The third kappa shape index (κ3) is 4.01. The molecule has 1 N–H and O–H groups in total. The van der Waals surface area contributed by atoms with E-state index in [0.717, 1.165) is 16.7 Å². The predicted molar refractivity (Wildman–Crippen MR) is 97.4 cm³/mol. The lowest BCUT2D eigenvalue weighted by Crippen LogP contribution is -2.30. The first kappa shape index (κ1) is 18.1. The van der Waals surface area contributed by atoms with E-state index in [1.165, 1.54) is 7.11 Å². The number of ether oxygens (including phenoxy) is 2. The largest absolute Gasteiger partial charge is 0.495 e. The number of halogens is 1. The van der Waals surface area contributed by atoms with Gasteiger partial charge in [0.2, 0.25) is 0 Å². The maximum absolute atomic E-state index is 12.5. The molecule has 0 heterocycles. The van der Waals surface area contributed by atoms with Gasteiger partial charge in [-0.3, -0.25) is 4.79 Å². The Balaban J connectivity index is 2.15. The minimum atomic E-state index is -0.647. The van der Waals surface area contributed by atoms with Gasteiger partial charge >= 0.3 is 0 Å². The van der Waals surface area contributed by atoms with Crippen molar-refractivity contribution in [3.63, 3.8) is 0 Å². The number of aryl methyl sites for hydroxylation is 2. The zero-order valence-electron chi connectivity index (χ0n) is 14.6. The molecule has 2 aromatic carbocycles. The summed E-state index contributed by atoms with van der Waals surface area (Å²) < 4.78 is 11.1. The third-order valence-corrected chi connectivity index (χ3v) is 4.37. The number of rotatable bonds is 5. The van der Waals surface area contributed by atoms with Gasteiger partial charge in [-0.25, -0.2) is 0 Å². The molecule has 0 aromatic heterocycles. The van der Waals surface area contributed by atoms with Crippen LogP contribution in [0.2, 0.25) is 5.02 Å². The van der Waals surface area contributed by atoms with Gasteiger partial charge in [-0.2, -0.15) is 0 Å². The topological polar surface area (TPSA) is 47.6 Å². The van der Waals surface area contributed by atoms with Crippen LogP contribution in [-0.2, 0) is 4.79 Å². The minimum absolute atomic E-state index is 0.254. The fourth-order valence-electron chi connectivity index (χ4n) is 2.26. The Morgan fingerprint density at radius 3 is 2.50 bits per heavy atom. The van der Waals surface area contributed by atoms with E-state index >= 15 is 0 Å². The summed E-state index contributed by atoms with van der Waals surface area (Å²) in [4.78, 5) is 12.5. The number of amides is 1. The van der Waals surface area contributed by atoms with E-state index in [9.17, 15) is 4.79 Å². The molecule has 0 saturated heterocycles. The second kappa shape index (κ2) is 7.58. The molecule has 24 heavy (non-hydrogen) atoms.